The van der Waals surface area contributed by atoms with Crippen LogP contribution >= 0.6 is 0 Å². The fourth-order valence-electron chi connectivity index (χ4n) is 1.93. The van der Waals surface area contributed by atoms with Gasteiger partial charge in [0.25, 0.3) is 0 Å². The molecule has 0 bridgehead atoms. The molecule has 0 aliphatic heterocycles. The number of halogens is 3. The van der Waals surface area contributed by atoms with E-state index in [1.54, 1.807) is 0 Å². The number of hydrogen-bond acceptors (Lipinski definition) is 2. The van der Waals surface area contributed by atoms with E-state index in [9.17, 15) is 13.2 Å². The van der Waals surface area contributed by atoms with E-state index in [1.807, 2.05) is 11.9 Å². The second-order valence-electron chi connectivity index (χ2n) is 4.39. The SMILES string of the molecule is CN(c1ccc(C(F)(F)F)cc1CN)C1CC1. The van der Waals surface area contributed by atoms with Crippen LogP contribution in [-0.4, -0.2) is 13.1 Å². The maximum atomic E-state index is 12.6. The Morgan fingerprint density at radius 3 is 2.47 bits per heavy atom. The quantitative estimate of drug-likeness (QED) is 0.885. The summed E-state index contributed by atoms with van der Waals surface area (Å²) in [7, 11) is 1.90. The molecule has 2 rings (SSSR count). The summed E-state index contributed by atoms with van der Waals surface area (Å²) in [6, 6.07) is 4.24. The van der Waals surface area contributed by atoms with E-state index in [2.05, 4.69) is 0 Å². The van der Waals surface area contributed by atoms with Gasteiger partial charge >= 0.3 is 6.18 Å². The second kappa shape index (κ2) is 4.22. The van der Waals surface area contributed by atoms with E-state index in [4.69, 9.17) is 5.73 Å². The standard InChI is InChI=1S/C12H15F3N2/c1-17(10-3-4-10)11-5-2-9(12(13,14)15)6-8(11)7-16/h2,5-6,10H,3-4,7,16H2,1H3. The van der Waals surface area contributed by atoms with Crippen molar-refractivity contribution >= 4 is 5.69 Å². The van der Waals surface area contributed by atoms with E-state index in [0.29, 0.717) is 11.6 Å². The molecule has 1 fully saturated rings. The van der Waals surface area contributed by atoms with Crippen LogP contribution in [0, 0.1) is 0 Å². The van der Waals surface area contributed by atoms with Gasteiger partial charge in [0.15, 0.2) is 0 Å². The monoisotopic (exact) mass is 244 g/mol. The van der Waals surface area contributed by atoms with Gasteiger partial charge in [-0.1, -0.05) is 0 Å². The zero-order chi connectivity index (χ0) is 12.6. The normalized spacial score (nSPS) is 16.1. The van der Waals surface area contributed by atoms with Crippen LogP contribution in [0.2, 0.25) is 0 Å². The first-order valence-corrected chi connectivity index (χ1v) is 5.56. The number of alkyl halides is 3. The zero-order valence-electron chi connectivity index (χ0n) is 9.59. The number of rotatable bonds is 3. The highest BCUT2D eigenvalue weighted by molar-refractivity contribution is 5.56. The molecular weight excluding hydrogens is 229 g/mol. The number of nitrogens with two attached hydrogens (primary N) is 1. The lowest BCUT2D eigenvalue weighted by Crippen LogP contribution is -2.22. The van der Waals surface area contributed by atoms with Gasteiger partial charge in [0, 0.05) is 25.3 Å². The van der Waals surface area contributed by atoms with Gasteiger partial charge in [-0.2, -0.15) is 13.2 Å². The van der Waals surface area contributed by atoms with Crippen molar-refractivity contribution in [3.05, 3.63) is 29.3 Å². The van der Waals surface area contributed by atoms with Gasteiger partial charge in [0.1, 0.15) is 0 Å². The van der Waals surface area contributed by atoms with Crippen LogP contribution in [-0.2, 0) is 12.7 Å². The van der Waals surface area contributed by atoms with Crippen LogP contribution in [0.25, 0.3) is 0 Å². The third-order valence-corrected chi connectivity index (χ3v) is 3.10. The highest BCUT2D eigenvalue weighted by Crippen LogP contribution is 2.36. The van der Waals surface area contributed by atoms with Crippen molar-refractivity contribution in [2.75, 3.05) is 11.9 Å². The molecule has 0 unspecified atom stereocenters. The van der Waals surface area contributed by atoms with E-state index in [1.165, 1.54) is 6.07 Å². The van der Waals surface area contributed by atoms with Crippen LogP contribution in [0.15, 0.2) is 18.2 Å². The molecule has 1 saturated carbocycles. The molecule has 1 aliphatic carbocycles. The smallest absolute Gasteiger partial charge is 0.371 e. The van der Waals surface area contributed by atoms with Gasteiger partial charge in [-0.25, -0.2) is 0 Å². The largest absolute Gasteiger partial charge is 0.416 e. The summed E-state index contributed by atoms with van der Waals surface area (Å²) in [5, 5.41) is 0. The number of hydrogen-bond donors (Lipinski definition) is 1. The van der Waals surface area contributed by atoms with Gasteiger partial charge in [0.2, 0.25) is 0 Å². The summed E-state index contributed by atoms with van der Waals surface area (Å²) in [5.74, 6) is 0. The Hall–Kier alpha value is -1.23. The summed E-state index contributed by atoms with van der Waals surface area (Å²) >= 11 is 0. The molecule has 1 aromatic rings. The van der Waals surface area contributed by atoms with Gasteiger partial charge in [0.05, 0.1) is 5.56 Å². The summed E-state index contributed by atoms with van der Waals surface area (Å²) in [5.41, 5.74) is 6.25. The van der Waals surface area contributed by atoms with Crippen LogP contribution < -0.4 is 10.6 Å². The number of benzene rings is 1. The van der Waals surface area contributed by atoms with Crippen LogP contribution in [0.5, 0.6) is 0 Å². The molecule has 0 atom stereocenters. The lowest BCUT2D eigenvalue weighted by molar-refractivity contribution is -0.137. The molecule has 0 saturated heterocycles. The Morgan fingerprint density at radius 2 is 2.00 bits per heavy atom. The van der Waals surface area contributed by atoms with Gasteiger partial charge in [-0.15, -0.1) is 0 Å². The van der Waals surface area contributed by atoms with Crippen molar-refractivity contribution < 1.29 is 13.2 Å². The Labute approximate surface area is 98.2 Å². The highest BCUT2D eigenvalue weighted by atomic mass is 19.4. The maximum absolute atomic E-state index is 12.6. The Morgan fingerprint density at radius 1 is 1.35 bits per heavy atom. The van der Waals surface area contributed by atoms with Crippen molar-refractivity contribution in [2.24, 2.45) is 5.73 Å². The van der Waals surface area contributed by atoms with Gasteiger partial charge in [-0.3, -0.25) is 0 Å². The van der Waals surface area contributed by atoms with Crippen molar-refractivity contribution in [1.29, 1.82) is 0 Å². The first-order chi connectivity index (χ1) is 7.93. The molecular formula is C12H15F3N2. The second-order valence-corrected chi connectivity index (χ2v) is 4.39. The summed E-state index contributed by atoms with van der Waals surface area (Å²) in [6.07, 6.45) is -2.11. The number of anilines is 1. The van der Waals surface area contributed by atoms with E-state index in [0.717, 1.165) is 30.7 Å². The Balaban J connectivity index is 2.34. The van der Waals surface area contributed by atoms with Crippen LogP contribution in [0.1, 0.15) is 24.0 Å². The minimum absolute atomic E-state index is 0.121. The lowest BCUT2D eigenvalue weighted by Gasteiger charge is -2.22. The van der Waals surface area contributed by atoms with Crippen molar-refractivity contribution in [3.8, 4) is 0 Å². The fourth-order valence-corrected chi connectivity index (χ4v) is 1.93. The minimum Gasteiger partial charge on any atom is -0.371 e. The van der Waals surface area contributed by atoms with E-state index in [-0.39, 0.29) is 6.54 Å². The van der Waals surface area contributed by atoms with E-state index >= 15 is 0 Å². The lowest BCUT2D eigenvalue weighted by atomic mass is 10.1. The average Bonchev–Trinajstić information content (AvgIpc) is 3.09. The first kappa shape index (κ1) is 12.2. The van der Waals surface area contributed by atoms with Crippen molar-refractivity contribution in [3.63, 3.8) is 0 Å². The molecule has 0 radical (unpaired) electrons. The summed E-state index contributed by atoms with van der Waals surface area (Å²) < 4.78 is 37.7. The van der Waals surface area contributed by atoms with Crippen molar-refractivity contribution in [1.82, 2.24) is 0 Å². The predicted octanol–water partition coefficient (Wildman–Crippen LogP) is 2.76. The van der Waals surface area contributed by atoms with E-state index < -0.39 is 11.7 Å². The number of nitrogens with zero attached hydrogens (tertiary/aromatic N) is 1. The van der Waals surface area contributed by atoms with Crippen LogP contribution in [0.4, 0.5) is 18.9 Å². The molecule has 2 nitrogen and oxygen atoms in total. The van der Waals surface area contributed by atoms with Crippen molar-refractivity contribution in [2.45, 2.75) is 31.6 Å². The molecule has 0 amide bonds. The molecule has 5 heteroatoms. The molecule has 0 aromatic heterocycles. The molecule has 0 heterocycles. The Kier molecular flexibility index (Phi) is 3.03. The molecule has 1 aromatic carbocycles. The summed E-state index contributed by atoms with van der Waals surface area (Å²) in [6.45, 7) is 0.121. The van der Waals surface area contributed by atoms with Gasteiger partial charge in [-0.05, 0) is 36.6 Å². The first-order valence-electron chi connectivity index (χ1n) is 5.56. The summed E-state index contributed by atoms with van der Waals surface area (Å²) in [4.78, 5) is 2.02. The molecule has 1 aliphatic rings. The maximum Gasteiger partial charge on any atom is 0.416 e. The third-order valence-electron chi connectivity index (χ3n) is 3.10. The fraction of sp³-hybridized carbons (Fsp3) is 0.500. The highest BCUT2D eigenvalue weighted by Gasteiger charge is 2.32. The third kappa shape index (κ3) is 2.54. The topological polar surface area (TPSA) is 29.3 Å². The molecule has 2 N–H and O–H groups in total. The van der Waals surface area contributed by atoms with Crippen LogP contribution in [0.3, 0.4) is 0 Å². The molecule has 17 heavy (non-hydrogen) atoms. The molecule has 94 valence electrons. The predicted molar refractivity (Wildman–Crippen MR) is 60.8 cm³/mol. The zero-order valence-corrected chi connectivity index (χ0v) is 9.59. The molecule has 0 spiro atoms. The Bertz CT molecular complexity index is 411. The van der Waals surface area contributed by atoms with Gasteiger partial charge < -0.3 is 10.6 Å². The average molecular weight is 244 g/mol. The minimum atomic E-state index is -4.30.